The summed E-state index contributed by atoms with van der Waals surface area (Å²) >= 11 is 0. The van der Waals surface area contributed by atoms with Gasteiger partial charge in [-0.3, -0.25) is 14.4 Å². The van der Waals surface area contributed by atoms with E-state index in [1.807, 2.05) is 42.5 Å². The van der Waals surface area contributed by atoms with Gasteiger partial charge in [0, 0.05) is 12.8 Å². The number of hydrogen-bond donors (Lipinski definition) is 3. The molecule has 0 fully saturated rings. The molecule has 1 aromatic carbocycles. The molecule has 164 valence electrons. The fourth-order valence-electron chi connectivity index (χ4n) is 3.29. The first-order valence-electron chi connectivity index (χ1n) is 10.5. The highest BCUT2D eigenvalue weighted by molar-refractivity contribution is 5.86. The van der Waals surface area contributed by atoms with Gasteiger partial charge >= 0.3 is 5.97 Å². The molecule has 7 heteroatoms. The number of rotatable bonds is 6. The van der Waals surface area contributed by atoms with E-state index in [0.29, 0.717) is 25.7 Å². The number of hydrogen-bond acceptors (Lipinski definition) is 5. The molecule has 0 radical (unpaired) electrons. The number of aliphatic hydroxyl groups is 1. The molecular weight excluding hydrogens is 384 g/mol. The highest BCUT2D eigenvalue weighted by Crippen LogP contribution is 2.13. The number of cyclic esters (lactones) is 1. The van der Waals surface area contributed by atoms with Crippen molar-refractivity contribution in [2.75, 3.05) is 13.2 Å². The molecular formula is C23H32N2O5. The second kappa shape index (κ2) is 12.8. The molecule has 0 aliphatic carbocycles. The van der Waals surface area contributed by atoms with Crippen LogP contribution in [-0.2, 0) is 25.5 Å². The Morgan fingerprint density at radius 1 is 1.27 bits per heavy atom. The van der Waals surface area contributed by atoms with Gasteiger partial charge in [0.25, 0.3) is 0 Å². The van der Waals surface area contributed by atoms with Crippen LogP contribution >= 0.6 is 0 Å². The maximum Gasteiger partial charge on any atom is 0.305 e. The molecule has 0 unspecified atom stereocenters. The molecule has 1 aromatic rings. The third-order valence-electron chi connectivity index (χ3n) is 4.93. The molecule has 0 aromatic heterocycles. The van der Waals surface area contributed by atoms with Crippen LogP contribution in [0.5, 0.6) is 0 Å². The molecule has 0 saturated carbocycles. The highest BCUT2D eigenvalue weighted by Gasteiger charge is 2.24. The predicted molar refractivity (Wildman–Crippen MR) is 113 cm³/mol. The average molecular weight is 417 g/mol. The molecule has 2 rings (SSSR count). The number of esters is 1. The van der Waals surface area contributed by atoms with Gasteiger partial charge in [-0.05, 0) is 38.2 Å². The second-order valence-electron chi connectivity index (χ2n) is 7.73. The number of aliphatic hydroxyl groups excluding tert-OH is 1. The van der Waals surface area contributed by atoms with Gasteiger partial charge in [0.2, 0.25) is 11.8 Å². The summed E-state index contributed by atoms with van der Waals surface area (Å²) in [4.78, 5) is 36.9. The van der Waals surface area contributed by atoms with E-state index in [1.54, 1.807) is 6.92 Å². The summed E-state index contributed by atoms with van der Waals surface area (Å²) in [7, 11) is 0. The Bertz CT molecular complexity index is 720. The molecule has 3 N–H and O–H groups in total. The van der Waals surface area contributed by atoms with Crippen molar-refractivity contribution in [3.05, 3.63) is 48.0 Å². The van der Waals surface area contributed by atoms with E-state index in [4.69, 9.17) is 4.74 Å². The van der Waals surface area contributed by atoms with Crippen molar-refractivity contribution in [1.29, 1.82) is 0 Å². The summed E-state index contributed by atoms with van der Waals surface area (Å²) in [6.07, 6.45) is 6.54. The van der Waals surface area contributed by atoms with E-state index in [-0.39, 0.29) is 43.5 Å². The second-order valence-corrected chi connectivity index (χ2v) is 7.73. The standard InChI is InChI=1S/C23H32N2O5/c1-17-16-30-22(28)12-8-3-2-7-11-19(23(29)24-17)14-21(27)25-20(15-26)13-18-9-5-4-6-10-18/h2,4-7,9-10,17,19-20,26H,3,8,11-16H2,1H3,(H,24,29)(H,25,27)/t17-,19+,20-/m0/s1. The molecule has 7 nitrogen and oxygen atoms in total. The highest BCUT2D eigenvalue weighted by atomic mass is 16.5. The first-order valence-corrected chi connectivity index (χ1v) is 10.5. The van der Waals surface area contributed by atoms with Gasteiger partial charge in [-0.25, -0.2) is 0 Å². The summed E-state index contributed by atoms with van der Waals surface area (Å²) in [5.41, 5.74) is 1.02. The smallest absolute Gasteiger partial charge is 0.305 e. The van der Waals surface area contributed by atoms with E-state index in [9.17, 15) is 19.5 Å². The van der Waals surface area contributed by atoms with E-state index >= 15 is 0 Å². The van der Waals surface area contributed by atoms with Gasteiger partial charge in [-0.1, -0.05) is 42.5 Å². The molecule has 30 heavy (non-hydrogen) atoms. The third kappa shape index (κ3) is 8.78. The quantitative estimate of drug-likeness (QED) is 0.485. The van der Waals surface area contributed by atoms with Crippen molar-refractivity contribution in [3.8, 4) is 0 Å². The van der Waals surface area contributed by atoms with Crippen LogP contribution in [0, 0.1) is 5.92 Å². The lowest BCUT2D eigenvalue weighted by Gasteiger charge is -2.21. The fraction of sp³-hybridized carbons (Fsp3) is 0.522. The molecule has 1 aliphatic rings. The van der Waals surface area contributed by atoms with Crippen LogP contribution in [0.25, 0.3) is 0 Å². The van der Waals surface area contributed by atoms with Crippen LogP contribution in [0.2, 0.25) is 0 Å². The Hall–Kier alpha value is -2.67. The number of carbonyl (C=O) groups is 3. The van der Waals surface area contributed by atoms with Crippen molar-refractivity contribution in [3.63, 3.8) is 0 Å². The molecule has 0 bridgehead atoms. The molecule has 1 heterocycles. The van der Waals surface area contributed by atoms with Crippen molar-refractivity contribution < 1.29 is 24.2 Å². The zero-order chi connectivity index (χ0) is 21.8. The summed E-state index contributed by atoms with van der Waals surface area (Å²) in [5.74, 6) is -1.33. The number of carbonyl (C=O) groups excluding carboxylic acids is 3. The maximum atomic E-state index is 12.7. The monoisotopic (exact) mass is 416 g/mol. The van der Waals surface area contributed by atoms with Crippen molar-refractivity contribution in [1.82, 2.24) is 10.6 Å². The lowest BCUT2D eigenvalue weighted by Crippen LogP contribution is -2.44. The van der Waals surface area contributed by atoms with Gasteiger partial charge in [-0.15, -0.1) is 0 Å². The van der Waals surface area contributed by atoms with Crippen LogP contribution < -0.4 is 10.6 Å². The zero-order valence-electron chi connectivity index (χ0n) is 17.5. The van der Waals surface area contributed by atoms with Gasteiger partial charge in [0.05, 0.1) is 24.6 Å². The van der Waals surface area contributed by atoms with Crippen molar-refractivity contribution in [2.45, 2.75) is 57.5 Å². The Kier molecular flexibility index (Phi) is 10.1. The SMILES string of the molecule is C[C@H]1COC(=O)CCCC=CC[C@H](CC(=O)N[C@H](CO)Cc2ccccc2)C(=O)N1. The zero-order valence-corrected chi connectivity index (χ0v) is 17.5. The van der Waals surface area contributed by atoms with Gasteiger partial charge < -0.3 is 20.5 Å². The summed E-state index contributed by atoms with van der Waals surface area (Å²) in [5, 5.41) is 15.3. The minimum absolute atomic E-state index is 0.0218. The normalized spacial score (nSPS) is 21.9. The molecule has 3 atom stereocenters. The van der Waals surface area contributed by atoms with E-state index in [1.165, 1.54) is 0 Å². The van der Waals surface area contributed by atoms with Crippen molar-refractivity contribution >= 4 is 17.8 Å². The Balaban J connectivity index is 1.96. The molecule has 2 amide bonds. The topological polar surface area (TPSA) is 105 Å². The number of benzene rings is 1. The van der Waals surface area contributed by atoms with Crippen molar-refractivity contribution in [2.24, 2.45) is 5.92 Å². The Morgan fingerprint density at radius 3 is 2.77 bits per heavy atom. The van der Waals surface area contributed by atoms with Gasteiger partial charge in [0.1, 0.15) is 6.61 Å². The van der Waals surface area contributed by atoms with E-state index in [0.717, 1.165) is 12.0 Å². The van der Waals surface area contributed by atoms with Crippen LogP contribution in [0.3, 0.4) is 0 Å². The first kappa shape index (κ1) is 23.6. The lowest BCUT2D eigenvalue weighted by atomic mass is 9.98. The molecule has 1 aliphatic heterocycles. The largest absolute Gasteiger partial charge is 0.464 e. The number of allylic oxidation sites excluding steroid dienone is 2. The van der Waals surface area contributed by atoms with Crippen LogP contribution in [-0.4, -0.2) is 48.2 Å². The Labute approximate surface area is 177 Å². The Morgan fingerprint density at radius 2 is 2.03 bits per heavy atom. The van der Waals surface area contributed by atoms with E-state index < -0.39 is 12.0 Å². The lowest BCUT2D eigenvalue weighted by molar-refractivity contribution is -0.145. The minimum Gasteiger partial charge on any atom is -0.464 e. The third-order valence-corrected chi connectivity index (χ3v) is 4.93. The average Bonchev–Trinajstić information content (AvgIpc) is 2.74. The van der Waals surface area contributed by atoms with Gasteiger partial charge in [-0.2, -0.15) is 0 Å². The number of nitrogens with one attached hydrogen (secondary N) is 2. The minimum atomic E-state index is -0.531. The van der Waals surface area contributed by atoms with Crippen LogP contribution in [0.15, 0.2) is 42.5 Å². The van der Waals surface area contributed by atoms with E-state index in [2.05, 4.69) is 10.6 Å². The summed E-state index contributed by atoms with van der Waals surface area (Å²) in [6, 6.07) is 8.87. The maximum absolute atomic E-state index is 12.7. The predicted octanol–water partition coefficient (Wildman–Crippen LogP) is 1.89. The van der Waals surface area contributed by atoms with Crippen LogP contribution in [0.1, 0.15) is 44.6 Å². The number of ether oxygens (including phenoxy) is 1. The summed E-state index contributed by atoms with van der Waals surface area (Å²) in [6.45, 7) is 1.69. The molecule has 0 saturated heterocycles. The summed E-state index contributed by atoms with van der Waals surface area (Å²) < 4.78 is 5.17. The first-order chi connectivity index (χ1) is 14.5. The van der Waals surface area contributed by atoms with Gasteiger partial charge in [0.15, 0.2) is 0 Å². The molecule has 0 spiro atoms. The number of amides is 2. The fourth-order valence-corrected chi connectivity index (χ4v) is 3.29. The van der Waals surface area contributed by atoms with Crippen LogP contribution in [0.4, 0.5) is 0 Å².